The molecule has 4 rings (SSSR count). The molecule has 154 valence electrons. The van der Waals surface area contributed by atoms with Gasteiger partial charge in [0.05, 0.1) is 23.2 Å². The van der Waals surface area contributed by atoms with Crippen LogP contribution < -0.4 is 4.72 Å². The standard InChI is InChI=1S/C18H20N4O5S2/c1-12-18(13(2)27-20-12)29(25,26)21-17-10-16(14-6-4-3-5-7-14)19-22(17)15-8-9-28(23,24)11-15/h3-7,10,15,21H,8-9,11H2,1-2H3/t15-/m1/s1. The second-order valence-corrected chi connectivity index (χ2v) is 10.9. The maximum atomic E-state index is 13.0. The number of nitrogens with zero attached hydrogens (tertiary/aromatic N) is 3. The first-order valence-corrected chi connectivity index (χ1v) is 12.3. The van der Waals surface area contributed by atoms with Crippen LogP contribution in [-0.4, -0.2) is 43.3 Å². The lowest BCUT2D eigenvalue weighted by Gasteiger charge is -2.14. The highest BCUT2D eigenvalue weighted by atomic mass is 32.2. The molecule has 0 spiro atoms. The molecule has 11 heteroatoms. The van der Waals surface area contributed by atoms with Gasteiger partial charge in [-0.05, 0) is 20.3 Å². The first kappa shape index (κ1) is 19.6. The molecule has 9 nitrogen and oxygen atoms in total. The Morgan fingerprint density at radius 3 is 2.52 bits per heavy atom. The van der Waals surface area contributed by atoms with Crippen LogP contribution in [0.2, 0.25) is 0 Å². The molecule has 0 amide bonds. The summed E-state index contributed by atoms with van der Waals surface area (Å²) in [6.45, 7) is 3.06. The van der Waals surface area contributed by atoms with Crippen LogP contribution in [0.4, 0.5) is 5.82 Å². The molecule has 1 atom stereocenters. The number of benzene rings is 1. The molecule has 2 aromatic heterocycles. The number of anilines is 1. The quantitative estimate of drug-likeness (QED) is 0.651. The zero-order valence-electron chi connectivity index (χ0n) is 15.9. The summed E-state index contributed by atoms with van der Waals surface area (Å²) in [5.74, 6) is 0.343. The van der Waals surface area contributed by atoms with Crippen molar-refractivity contribution in [2.45, 2.75) is 31.2 Å². The van der Waals surface area contributed by atoms with Crippen molar-refractivity contribution in [3.63, 3.8) is 0 Å². The van der Waals surface area contributed by atoms with Gasteiger partial charge in [-0.15, -0.1) is 0 Å². The van der Waals surface area contributed by atoms with E-state index >= 15 is 0 Å². The van der Waals surface area contributed by atoms with Crippen LogP contribution in [0.5, 0.6) is 0 Å². The molecule has 1 fully saturated rings. The van der Waals surface area contributed by atoms with Gasteiger partial charge in [0, 0.05) is 11.6 Å². The van der Waals surface area contributed by atoms with E-state index in [4.69, 9.17) is 4.52 Å². The summed E-state index contributed by atoms with van der Waals surface area (Å²) in [6.07, 6.45) is 0.373. The fraction of sp³-hybridized carbons (Fsp3) is 0.333. The van der Waals surface area contributed by atoms with Crippen molar-refractivity contribution in [1.29, 1.82) is 0 Å². The van der Waals surface area contributed by atoms with Crippen molar-refractivity contribution in [2.75, 3.05) is 16.2 Å². The molecule has 0 aliphatic carbocycles. The van der Waals surface area contributed by atoms with Crippen molar-refractivity contribution in [3.8, 4) is 11.3 Å². The highest BCUT2D eigenvalue weighted by Gasteiger charge is 2.33. The Hall–Kier alpha value is -2.66. The maximum absolute atomic E-state index is 13.0. The SMILES string of the molecule is Cc1noc(C)c1S(=O)(=O)Nc1cc(-c2ccccc2)nn1[C@@H]1CCS(=O)(=O)C1. The molecule has 3 heterocycles. The number of aromatic nitrogens is 3. The summed E-state index contributed by atoms with van der Waals surface area (Å²) >= 11 is 0. The van der Waals surface area contributed by atoms with Gasteiger partial charge in [-0.3, -0.25) is 4.72 Å². The number of hydrogen-bond acceptors (Lipinski definition) is 7. The maximum Gasteiger partial charge on any atom is 0.268 e. The van der Waals surface area contributed by atoms with Crippen molar-refractivity contribution < 1.29 is 21.4 Å². The van der Waals surface area contributed by atoms with Gasteiger partial charge in [-0.2, -0.15) is 5.10 Å². The van der Waals surface area contributed by atoms with Gasteiger partial charge in [0.2, 0.25) is 0 Å². The minimum Gasteiger partial charge on any atom is -0.360 e. The third-order valence-electron chi connectivity index (χ3n) is 4.84. The summed E-state index contributed by atoms with van der Waals surface area (Å²) in [5.41, 5.74) is 1.59. The molecule has 0 bridgehead atoms. The molecule has 0 saturated carbocycles. The van der Waals surface area contributed by atoms with Crippen LogP contribution in [0.3, 0.4) is 0 Å². The molecule has 1 aliphatic rings. The highest BCUT2D eigenvalue weighted by molar-refractivity contribution is 7.92. The predicted octanol–water partition coefficient (Wildman–Crippen LogP) is 2.32. The van der Waals surface area contributed by atoms with Crippen molar-refractivity contribution in [3.05, 3.63) is 47.9 Å². The van der Waals surface area contributed by atoms with E-state index in [1.807, 2.05) is 30.3 Å². The third-order valence-corrected chi connectivity index (χ3v) is 8.18. The van der Waals surface area contributed by atoms with Crippen LogP contribution in [0.25, 0.3) is 11.3 Å². The van der Waals surface area contributed by atoms with E-state index in [0.717, 1.165) is 5.56 Å². The molecule has 0 unspecified atom stereocenters. The molecular weight excluding hydrogens is 416 g/mol. The average molecular weight is 437 g/mol. The van der Waals surface area contributed by atoms with Crippen LogP contribution in [-0.2, 0) is 19.9 Å². The largest absolute Gasteiger partial charge is 0.360 e. The first-order valence-electron chi connectivity index (χ1n) is 8.97. The van der Waals surface area contributed by atoms with E-state index in [9.17, 15) is 16.8 Å². The van der Waals surface area contributed by atoms with Gasteiger partial charge in [0.25, 0.3) is 10.0 Å². The fourth-order valence-electron chi connectivity index (χ4n) is 3.51. The Morgan fingerprint density at radius 2 is 1.93 bits per heavy atom. The lowest BCUT2D eigenvalue weighted by molar-refractivity contribution is 0.390. The summed E-state index contributed by atoms with van der Waals surface area (Å²) in [7, 11) is -7.18. The molecule has 1 saturated heterocycles. The topological polar surface area (TPSA) is 124 Å². The monoisotopic (exact) mass is 436 g/mol. The Balaban J connectivity index is 1.78. The number of sulfone groups is 1. The Kier molecular flexibility index (Phi) is 4.74. The molecule has 1 aliphatic heterocycles. The Morgan fingerprint density at radius 1 is 1.21 bits per heavy atom. The van der Waals surface area contributed by atoms with E-state index in [1.54, 1.807) is 13.0 Å². The highest BCUT2D eigenvalue weighted by Crippen LogP contribution is 2.32. The lowest BCUT2D eigenvalue weighted by atomic mass is 10.2. The summed E-state index contributed by atoms with van der Waals surface area (Å²) in [6, 6.07) is 10.4. The number of rotatable bonds is 5. The summed E-state index contributed by atoms with van der Waals surface area (Å²) in [5, 5.41) is 8.22. The predicted molar refractivity (Wildman–Crippen MR) is 107 cm³/mol. The third kappa shape index (κ3) is 3.79. The van der Waals surface area contributed by atoms with E-state index in [2.05, 4.69) is 15.0 Å². The van der Waals surface area contributed by atoms with Gasteiger partial charge >= 0.3 is 0 Å². The van der Waals surface area contributed by atoms with Crippen molar-refractivity contribution >= 4 is 25.7 Å². The van der Waals surface area contributed by atoms with Gasteiger partial charge in [0.15, 0.2) is 20.5 Å². The van der Waals surface area contributed by atoms with Crippen LogP contribution in [0.15, 0.2) is 45.8 Å². The second kappa shape index (κ2) is 6.99. The van der Waals surface area contributed by atoms with E-state index < -0.39 is 25.9 Å². The normalized spacial score (nSPS) is 18.8. The van der Waals surface area contributed by atoms with E-state index in [0.29, 0.717) is 12.1 Å². The second-order valence-electron chi connectivity index (χ2n) is 7.04. The number of aryl methyl sites for hydroxylation is 2. The van der Waals surface area contributed by atoms with Crippen LogP contribution >= 0.6 is 0 Å². The summed E-state index contributed by atoms with van der Waals surface area (Å²) in [4.78, 5) is -0.0365. The Bertz CT molecular complexity index is 1240. The minimum absolute atomic E-state index is 0.0365. The molecule has 3 aromatic rings. The van der Waals surface area contributed by atoms with Crippen molar-refractivity contribution in [2.24, 2.45) is 0 Å². The molecule has 1 N–H and O–H groups in total. The Labute approximate surface area is 168 Å². The van der Waals surface area contributed by atoms with Gasteiger partial charge in [0.1, 0.15) is 11.5 Å². The van der Waals surface area contributed by atoms with Gasteiger partial charge in [-0.25, -0.2) is 21.5 Å². The van der Waals surface area contributed by atoms with E-state index in [-0.39, 0.29) is 33.7 Å². The van der Waals surface area contributed by atoms with Crippen molar-refractivity contribution in [1.82, 2.24) is 14.9 Å². The van der Waals surface area contributed by atoms with E-state index in [1.165, 1.54) is 11.6 Å². The molecular formula is C18H20N4O5S2. The smallest absolute Gasteiger partial charge is 0.268 e. The summed E-state index contributed by atoms with van der Waals surface area (Å²) < 4.78 is 58.9. The molecule has 0 radical (unpaired) electrons. The average Bonchev–Trinajstić information content (AvgIpc) is 3.32. The zero-order valence-corrected chi connectivity index (χ0v) is 17.5. The molecule has 1 aromatic carbocycles. The number of hydrogen-bond donors (Lipinski definition) is 1. The first-order chi connectivity index (χ1) is 13.7. The lowest BCUT2D eigenvalue weighted by Crippen LogP contribution is -2.20. The number of nitrogens with one attached hydrogen (secondary N) is 1. The fourth-order valence-corrected chi connectivity index (χ4v) is 6.58. The van der Waals surface area contributed by atoms with Crippen LogP contribution in [0, 0.1) is 13.8 Å². The van der Waals surface area contributed by atoms with Gasteiger partial charge < -0.3 is 4.52 Å². The number of sulfonamides is 1. The molecule has 29 heavy (non-hydrogen) atoms. The zero-order chi connectivity index (χ0) is 20.8. The van der Waals surface area contributed by atoms with Gasteiger partial charge in [-0.1, -0.05) is 35.5 Å². The van der Waals surface area contributed by atoms with Crippen LogP contribution in [0.1, 0.15) is 23.9 Å². The minimum atomic E-state index is -4.00.